The summed E-state index contributed by atoms with van der Waals surface area (Å²) in [5.41, 5.74) is 0.569. The third-order valence-corrected chi connectivity index (χ3v) is 3.22. The van der Waals surface area contributed by atoms with Crippen LogP contribution in [0.2, 0.25) is 0 Å². The van der Waals surface area contributed by atoms with Crippen molar-refractivity contribution in [2.45, 2.75) is 6.92 Å². The molecule has 0 N–H and O–H groups in total. The highest BCUT2D eigenvalue weighted by Gasteiger charge is 2.20. The second kappa shape index (κ2) is 6.61. The Morgan fingerprint density at radius 1 is 1.26 bits per heavy atom. The van der Waals surface area contributed by atoms with Crippen molar-refractivity contribution >= 4 is 24.0 Å². The number of halogens is 2. The number of carbonyl (C=O) groups is 1. The van der Waals surface area contributed by atoms with Crippen molar-refractivity contribution in [1.29, 1.82) is 0 Å². The smallest absolute Gasteiger partial charge is 0.219 e. The number of amides is 1. The van der Waals surface area contributed by atoms with Gasteiger partial charge in [-0.25, -0.2) is 4.39 Å². The van der Waals surface area contributed by atoms with E-state index in [2.05, 4.69) is 0 Å². The van der Waals surface area contributed by atoms with Crippen LogP contribution in [-0.2, 0) is 4.79 Å². The molecule has 19 heavy (non-hydrogen) atoms. The maximum Gasteiger partial charge on any atom is 0.219 e. The number of nitrogens with zero attached hydrogens (tertiary/aromatic N) is 2. The average molecular weight is 289 g/mol. The summed E-state index contributed by atoms with van der Waals surface area (Å²) in [6.45, 7) is 4.15. The standard InChI is InChI=1S/C13H17FN2O2.ClH/c1-10(17)15-5-7-16(8-6-15)13-4-3-11(18-2)9-12(13)14;/h3-4,9H,5-8H2,1-2H3;1H. The van der Waals surface area contributed by atoms with Gasteiger partial charge in [0.25, 0.3) is 0 Å². The average Bonchev–Trinajstić information content (AvgIpc) is 2.38. The first kappa shape index (κ1) is 15.6. The molecule has 1 aliphatic rings. The van der Waals surface area contributed by atoms with Gasteiger partial charge in [-0.1, -0.05) is 0 Å². The third kappa shape index (κ3) is 3.50. The van der Waals surface area contributed by atoms with Crippen molar-refractivity contribution in [3.8, 4) is 5.75 Å². The van der Waals surface area contributed by atoms with Crippen LogP contribution in [0.1, 0.15) is 6.92 Å². The van der Waals surface area contributed by atoms with Gasteiger partial charge in [-0.15, -0.1) is 12.4 Å². The van der Waals surface area contributed by atoms with Crippen molar-refractivity contribution < 1.29 is 13.9 Å². The largest absolute Gasteiger partial charge is 0.497 e. The number of rotatable bonds is 2. The molecule has 0 saturated carbocycles. The molecule has 6 heteroatoms. The summed E-state index contributed by atoms with van der Waals surface area (Å²) in [7, 11) is 1.51. The Bertz CT molecular complexity index is 448. The van der Waals surface area contributed by atoms with Crippen LogP contribution in [0.5, 0.6) is 5.75 Å². The van der Waals surface area contributed by atoms with Gasteiger partial charge in [0, 0.05) is 39.2 Å². The van der Waals surface area contributed by atoms with E-state index in [1.807, 2.05) is 4.90 Å². The van der Waals surface area contributed by atoms with E-state index in [1.165, 1.54) is 13.2 Å². The van der Waals surface area contributed by atoms with E-state index in [9.17, 15) is 9.18 Å². The highest BCUT2D eigenvalue weighted by molar-refractivity contribution is 5.85. The Kier molecular flexibility index (Phi) is 5.42. The van der Waals surface area contributed by atoms with E-state index in [1.54, 1.807) is 24.0 Å². The summed E-state index contributed by atoms with van der Waals surface area (Å²) in [6.07, 6.45) is 0. The summed E-state index contributed by atoms with van der Waals surface area (Å²) >= 11 is 0. The lowest BCUT2D eigenvalue weighted by atomic mass is 10.2. The molecule has 1 aliphatic heterocycles. The van der Waals surface area contributed by atoms with Crippen molar-refractivity contribution in [3.05, 3.63) is 24.0 Å². The van der Waals surface area contributed by atoms with Gasteiger partial charge >= 0.3 is 0 Å². The molecule has 106 valence electrons. The van der Waals surface area contributed by atoms with Gasteiger partial charge in [0.2, 0.25) is 5.91 Å². The predicted molar refractivity (Wildman–Crippen MR) is 74.7 cm³/mol. The van der Waals surface area contributed by atoms with Crippen LogP contribution < -0.4 is 9.64 Å². The van der Waals surface area contributed by atoms with E-state index < -0.39 is 0 Å². The quantitative estimate of drug-likeness (QED) is 0.834. The SMILES string of the molecule is COc1ccc(N2CCN(C(C)=O)CC2)c(F)c1.Cl. The first-order valence-electron chi connectivity index (χ1n) is 5.96. The maximum atomic E-state index is 13.9. The first-order valence-corrected chi connectivity index (χ1v) is 5.96. The van der Waals surface area contributed by atoms with Crippen LogP contribution in [-0.4, -0.2) is 44.1 Å². The lowest BCUT2D eigenvalue weighted by Gasteiger charge is -2.35. The van der Waals surface area contributed by atoms with Gasteiger partial charge in [0.15, 0.2) is 0 Å². The van der Waals surface area contributed by atoms with E-state index in [-0.39, 0.29) is 24.1 Å². The zero-order chi connectivity index (χ0) is 13.1. The molecule has 0 spiro atoms. The number of benzene rings is 1. The van der Waals surface area contributed by atoms with Gasteiger partial charge in [0.05, 0.1) is 12.8 Å². The molecule has 0 aromatic heterocycles. The molecule has 2 rings (SSSR count). The van der Waals surface area contributed by atoms with Crippen LogP contribution in [0.15, 0.2) is 18.2 Å². The molecule has 1 heterocycles. The van der Waals surface area contributed by atoms with E-state index in [0.29, 0.717) is 37.6 Å². The number of hydrogen-bond acceptors (Lipinski definition) is 3. The van der Waals surface area contributed by atoms with Crippen LogP contribution >= 0.6 is 12.4 Å². The van der Waals surface area contributed by atoms with Gasteiger partial charge in [-0.3, -0.25) is 4.79 Å². The third-order valence-electron chi connectivity index (χ3n) is 3.22. The molecular formula is C13H18ClFN2O2. The summed E-state index contributed by atoms with van der Waals surface area (Å²) < 4.78 is 18.8. The Morgan fingerprint density at radius 3 is 2.37 bits per heavy atom. The van der Waals surface area contributed by atoms with E-state index in [0.717, 1.165) is 0 Å². The molecule has 1 saturated heterocycles. The lowest BCUT2D eigenvalue weighted by Crippen LogP contribution is -2.48. The zero-order valence-electron chi connectivity index (χ0n) is 11.1. The molecule has 1 aromatic carbocycles. The summed E-state index contributed by atoms with van der Waals surface area (Å²) in [4.78, 5) is 14.9. The fraction of sp³-hybridized carbons (Fsp3) is 0.462. The van der Waals surface area contributed by atoms with Crippen molar-refractivity contribution in [1.82, 2.24) is 4.90 Å². The van der Waals surface area contributed by atoms with Crippen molar-refractivity contribution in [2.24, 2.45) is 0 Å². The summed E-state index contributed by atoms with van der Waals surface area (Å²) in [5.74, 6) is 0.300. The van der Waals surface area contributed by atoms with E-state index >= 15 is 0 Å². The number of ether oxygens (including phenoxy) is 1. The molecular weight excluding hydrogens is 271 g/mol. The second-order valence-corrected chi connectivity index (χ2v) is 4.31. The van der Waals surface area contributed by atoms with Gasteiger partial charge in [-0.2, -0.15) is 0 Å². The van der Waals surface area contributed by atoms with Gasteiger partial charge in [-0.05, 0) is 12.1 Å². The lowest BCUT2D eigenvalue weighted by molar-refractivity contribution is -0.129. The predicted octanol–water partition coefficient (Wildman–Crippen LogP) is 1.92. The molecule has 0 unspecified atom stereocenters. The molecule has 1 fully saturated rings. The number of hydrogen-bond donors (Lipinski definition) is 0. The Morgan fingerprint density at radius 2 is 1.89 bits per heavy atom. The Balaban J connectivity index is 0.00000180. The maximum absolute atomic E-state index is 13.9. The second-order valence-electron chi connectivity index (χ2n) is 4.31. The normalized spacial score (nSPS) is 14.9. The van der Waals surface area contributed by atoms with Crippen LogP contribution in [0.4, 0.5) is 10.1 Å². The minimum Gasteiger partial charge on any atom is -0.497 e. The highest BCUT2D eigenvalue weighted by atomic mass is 35.5. The number of carbonyl (C=O) groups excluding carboxylic acids is 1. The number of anilines is 1. The summed E-state index contributed by atoms with van der Waals surface area (Å²) in [5, 5.41) is 0. The fourth-order valence-corrected chi connectivity index (χ4v) is 2.13. The van der Waals surface area contributed by atoms with Crippen LogP contribution in [0, 0.1) is 5.82 Å². The Labute approximate surface area is 118 Å². The minimum absolute atomic E-state index is 0. The molecule has 0 atom stereocenters. The molecule has 1 aromatic rings. The van der Waals surface area contributed by atoms with E-state index in [4.69, 9.17) is 4.74 Å². The van der Waals surface area contributed by atoms with Crippen LogP contribution in [0.25, 0.3) is 0 Å². The Hall–Kier alpha value is -1.49. The molecule has 4 nitrogen and oxygen atoms in total. The minimum atomic E-state index is -0.286. The summed E-state index contributed by atoms with van der Waals surface area (Å²) in [6, 6.07) is 4.85. The topological polar surface area (TPSA) is 32.8 Å². The number of methoxy groups -OCH3 is 1. The van der Waals surface area contributed by atoms with Crippen LogP contribution in [0.3, 0.4) is 0 Å². The molecule has 0 aliphatic carbocycles. The van der Waals surface area contributed by atoms with Crippen molar-refractivity contribution in [2.75, 3.05) is 38.2 Å². The van der Waals surface area contributed by atoms with Gasteiger partial charge in [0.1, 0.15) is 11.6 Å². The molecule has 0 radical (unpaired) electrons. The zero-order valence-corrected chi connectivity index (χ0v) is 11.9. The van der Waals surface area contributed by atoms with Crippen molar-refractivity contribution in [3.63, 3.8) is 0 Å². The van der Waals surface area contributed by atoms with Gasteiger partial charge < -0.3 is 14.5 Å². The first-order chi connectivity index (χ1) is 8.61. The number of piperazine rings is 1. The molecule has 0 bridgehead atoms. The highest BCUT2D eigenvalue weighted by Crippen LogP contribution is 2.24. The monoisotopic (exact) mass is 288 g/mol. The fourth-order valence-electron chi connectivity index (χ4n) is 2.13. The molecule has 1 amide bonds.